The summed E-state index contributed by atoms with van der Waals surface area (Å²) in [4.78, 5) is 30.3. The average molecular weight is 527 g/mol. The van der Waals surface area contributed by atoms with Gasteiger partial charge in [0.25, 0.3) is 5.91 Å². The first-order chi connectivity index (χ1) is 18.4. The van der Waals surface area contributed by atoms with Crippen LogP contribution in [0.15, 0.2) is 73.4 Å². The van der Waals surface area contributed by atoms with Crippen molar-refractivity contribution >= 4 is 34.4 Å². The van der Waals surface area contributed by atoms with Crippen LogP contribution in [0.1, 0.15) is 44.1 Å². The van der Waals surface area contributed by atoms with E-state index in [2.05, 4.69) is 20.5 Å². The molecular formula is C28H23ClN6O3. The number of aromatic carboxylic acids is 1. The van der Waals surface area contributed by atoms with Crippen LogP contribution in [-0.4, -0.2) is 41.3 Å². The van der Waals surface area contributed by atoms with E-state index >= 15 is 0 Å². The molecule has 0 radical (unpaired) electrons. The van der Waals surface area contributed by atoms with E-state index < -0.39 is 17.4 Å². The van der Waals surface area contributed by atoms with E-state index in [1.54, 1.807) is 16.8 Å². The monoisotopic (exact) mass is 526 g/mol. The second kappa shape index (κ2) is 9.11. The van der Waals surface area contributed by atoms with E-state index in [-0.39, 0.29) is 10.7 Å². The van der Waals surface area contributed by atoms with Crippen molar-refractivity contribution in [2.75, 3.05) is 0 Å². The molecule has 2 aromatic carbocycles. The number of halogens is 1. The molecule has 3 aromatic heterocycles. The molecule has 1 amide bonds. The number of rotatable bonds is 5. The third-order valence-corrected chi connectivity index (χ3v) is 7.48. The normalized spacial score (nSPS) is 16.8. The first kappa shape index (κ1) is 23.9. The highest BCUT2D eigenvalue weighted by Gasteiger charge is 2.41. The van der Waals surface area contributed by atoms with Gasteiger partial charge in [-0.3, -0.25) is 9.36 Å². The predicted octanol–water partition coefficient (Wildman–Crippen LogP) is 4.55. The predicted molar refractivity (Wildman–Crippen MR) is 142 cm³/mol. The van der Waals surface area contributed by atoms with Gasteiger partial charge in [-0.15, -0.1) is 10.2 Å². The number of aromatic nitrogens is 5. The molecule has 0 unspecified atom stereocenters. The van der Waals surface area contributed by atoms with Crippen LogP contribution in [0.3, 0.4) is 0 Å². The molecule has 9 nitrogen and oxygen atoms in total. The Morgan fingerprint density at radius 1 is 1.08 bits per heavy atom. The molecule has 0 saturated heterocycles. The second-order valence-electron chi connectivity index (χ2n) is 9.53. The second-order valence-corrected chi connectivity index (χ2v) is 9.94. The summed E-state index contributed by atoms with van der Waals surface area (Å²) in [5.74, 6) is -1.36. The molecule has 6 rings (SSSR count). The van der Waals surface area contributed by atoms with Gasteiger partial charge in [0.2, 0.25) is 0 Å². The van der Waals surface area contributed by atoms with Crippen LogP contribution in [0.25, 0.3) is 16.6 Å². The largest absolute Gasteiger partial charge is 0.478 e. The molecule has 0 aliphatic carbocycles. The Morgan fingerprint density at radius 3 is 2.55 bits per heavy atom. The van der Waals surface area contributed by atoms with Gasteiger partial charge in [-0.2, -0.15) is 0 Å². The molecule has 5 aromatic rings. The molecule has 38 heavy (non-hydrogen) atoms. The van der Waals surface area contributed by atoms with Crippen molar-refractivity contribution in [1.82, 2.24) is 29.6 Å². The van der Waals surface area contributed by atoms with Crippen molar-refractivity contribution in [2.24, 2.45) is 0 Å². The van der Waals surface area contributed by atoms with E-state index in [9.17, 15) is 14.7 Å². The van der Waals surface area contributed by atoms with Gasteiger partial charge in [0.05, 0.1) is 34.6 Å². The van der Waals surface area contributed by atoms with E-state index in [0.717, 1.165) is 22.3 Å². The Bertz CT molecular complexity index is 1700. The molecule has 10 heteroatoms. The highest BCUT2D eigenvalue weighted by Crippen LogP contribution is 2.39. The minimum atomic E-state index is -0.949. The molecular weight excluding hydrogens is 504 g/mol. The summed E-state index contributed by atoms with van der Waals surface area (Å²) < 4.78 is 3.67. The lowest BCUT2D eigenvalue weighted by Gasteiger charge is -2.40. The molecule has 0 saturated carbocycles. The van der Waals surface area contributed by atoms with Gasteiger partial charge in [-0.25, -0.2) is 9.78 Å². The quantitative estimate of drug-likeness (QED) is 0.347. The zero-order valence-electron chi connectivity index (χ0n) is 20.4. The zero-order valence-corrected chi connectivity index (χ0v) is 21.2. The number of hydrogen-bond acceptors (Lipinski definition) is 5. The van der Waals surface area contributed by atoms with Crippen molar-refractivity contribution in [3.63, 3.8) is 0 Å². The maximum absolute atomic E-state index is 13.7. The minimum Gasteiger partial charge on any atom is -0.478 e. The number of amides is 1. The molecule has 1 aliphatic heterocycles. The van der Waals surface area contributed by atoms with Crippen molar-refractivity contribution in [3.05, 3.63) is 107 Å². The van der Waals surface area contributed by atoms with Crippen LogP contribution >= 0.6 is 11.6 Å². The van der Waals surface area contributed by atoms with Gasteiger partial charge in [0, 0.05) is 16.6 Å². The number of nitrogens with zero attached hydrogens (tertiary/aromatic N) is 5. The fourth-order valence-electron chi connectivity index (χ4n) is 5.39. The number of aryl methyl sites for hydroxylation is 1. The number of carboxylic acids is 1. The van der Waals surface area contributed by atoms with Crippen LogP contribution in [0, 0.1) is 6.92 Å². The number of carbonyl (C=O) groups excluding carboxylic acids is 1. The Kier molecular flexibility index (Phi) is 5.72. The van der Waals surface area contributed by atoms with Gasteiger partial charge >= 0.3 is 5.97 Å². The van der Waals surface area contributed by atoms with E-state index in [4.69, 9.17) is 11.6 Å². The number of nitrogens with one attached hydrogen (secondary N) is 1. The van der Waals surface area contributed by atoms with Crippen molar-refractivity contribution in [2.45, 2.75) is 31.8 Å². The van der Waals surface area contributed by atoms with Crippen LogP contribution in [0.4, 0.5) is 0 Å². The highest BCUT2D eigenvalue weighted by molar-refractivity contribution is 6.33. The first-order valence-corrected chi connectivity index (χ1v) is 12.5. The van der Waals surface area contributed by atoms with Gasteiger partial charge in [-0.05, 0) is 43.5 Å². The number of fused-ring (bicyclic) bond motifs is 3. The summed E-state index contributed by atoms with van der Waals surface area (Å²) in [5, 5.41) is 21.8. The summed E-state index contributed by atoms with van der Waals surface area (Å²) in [7, 11) is 0. The van der Waals surface area contributed by atoms with Gasteiger partial charge in [0.15, 0.2) is 0 Å². The molecule has 1 atom stereocenters. The Labute approximate surface area is 222 Å². The molecule has 2 N–H and O–H groups in total. The van der Waals surface area contributed by atoms with Gasteiger partial charge < -0.3 is 15.0 Å². The lowest BCUT2D eigenvalue weighted by Crippen LogP contribution is -2.51. The minimum absolute atomic E-state index is 0.101. The summed E-state index contributed by atoms with van der Waals surface area (Å²) in [5.41, 5.74) is 3.74. The van der Waals surface area contributed by atoms with Crippen LogP contribution < -0.4 is 5.32 Å². The summed E-state index contributed by atoms with van der Waals surface area (Å²) >= 11 is 6.51. The molecule has 4 heterocycles. The van der Waals surface area contributed by atoms with Gasteiger partial charge in [0.1, 0.15) is 18.3 Å². The summed E-state index contributed by atoms with van der Waals surface area (Å²) in [6, 6.07) is 17.2. The van der Waals surface area contributed by atoms with Gasteiger partial charge in [-0.1, -0.05) is 53.6 Å². The fourth-order valence-corrected chi connectivity index (χ4v) is 5.64. The summed E-state index contributed by atoms with van der Waals surface area (Å²) in [6.07, 6.45) is 5.56. The topological polar surface area (TPSA) is 115 Å². The summed E-state index contributed by atoms with van der Waals surface area (Å²) in [6.45, 7) is 2.31. The smallest absolute Gasteiger partial charge is 0.338 e. The Balaban J connectivity index is 1.43. The Morgan fingerprint density at radius 2 is 1.84 bits per heavy atom. The van der Waals surface area contributed by atoms with E-state index in [0.29, 0.717) is 36.0 Å². The number of pyridine rings is 1. The molecule has 0 spiro atoms. The lowest BCUT2D eigenvalue weighted by atomic mass is 9.81. The fraction of sp³-hybridized carbons (Fsp3) is 0.179. The van der Waals surface area contributed by atoms with Crippen LogP contribution in [0.2, 0.25) is 5.02 Å². The standard InChI is InChI=1S/C28H23ClN6O3/c1-17-7-8-22-20(11-17)24(27(37)38)23-9-10-28(14-35(22)23,18-5-3-2-4-6-18)33-26(36)25-21(29)12-19(13-30-25)34-15-31-32-16-34/h2-8,11-13,15-16H,9-10,14H2,1H3,(H,33,36)(H,37,38)/t28-/m1/s1. The number of hydrogen-bond donors (Lipinski definition) is 2. The Hall–Kier alpha value is -4.50. The molecule has 190 valence electrons. The number of carbonyl (C=O) groups is 2. The SMILES string of the molecule is Cc1ccc2c(c1)c(C(=O)O)c1n2C[C@@](NC(=O)c2ncc(-n3cnnc3)cc2Cl)(c2ccccc2)CC1. The van der Waals surface area contributed by atoms with Crippen LogP contribution in [-0.2, 0) is 18.5 Å². The third-order valence-electron chi connectivity index (χ3n) is 7.19. The van der Waals surface area contributed by atoms with Crippen molar-refractivity contribution in [3.8, 4) is 5.69 Å². The highest BCUT2D eigenvalue weighted by atomic mass is 35.5. The van der Waals surface area contributed by atoms with Crippen LogP contribution in [0.5, 0.6) is 0 Å². The average Bonchev–Trinajstić information content (AvgIpc) is 3.55. The van der Waals surface area contributed by atoms with E-state index in [1.165, 1.54) is 12.7 Å². The van der Waals surface area contributed by atoms with E-state index in [1.807, 2.05) is 60.0 Å². The van der Waals surface area contributed by atoms with Crippen molar-refractivity contribution in [1.29, 1.82) is 0 Å². The maximum Gasteiger partial charge on any atom is 0.338 e. The molecule has 1 aliphatic rings. The van der Waals surface area contributed by atoms with Crippen molar-refractivity contribution < 1.29 is 14.7 Å². The lowest BCUT2D eigenvalue weighted by molar-refractivity contribution is 0.0693. The number of carboxylic acid groups (broad SMARTS) is 1. The maximum atomic E-state index is 13.7. The molecule has 0 bridgehead atoms. The third kappa shape index (κ3) is 3.92. The number of benzene rings is 2. The molecule has 0 fully saturated rings. The first-order valence-electron chi connectivity index (χ1n) is 12.1. The zero-order chi connectivity index (χ0) is 26.4.